The molecule has 2 aromatic rings. The molecule has 1 aromatic heterocycles. The van der Waals surface area contributed by atoms with E-state index in [4.69, 9.17) is 0 Å². The third kappa shape index (κ3) is 4.36. The fourth-order valence-electron chi connectivity index (χ4n) is 3.10. The summed E-state index contributed by atoms with van der Waals surface area (Å²) in [7, 11) is 1.83. The fraction of sp³-hybridized carbons (Fsp3) is 0.500. The summed E-state index contributed by atoms with van der Waals surface area (Å²) in [5.74, 6) is 0. The lowest BCUT2D eigenvalue weighted by Gasteiger charge is -2.26. The Labute approximate surface area is 148 Å². The molecule has 0 radical (unpaired) electrons. The summed E-state index contributed by atoms with van der Waals surface area (Å²) < 4.78 is 1.71. The summed E-state index contributed by atoms with van der Waals surface area (Å²) in [6, 6.07) is 7.98. The second kappa shape index (κ2) is 8.11. The number of urea groups is 1. The van der Waals surface area contributed by atoms with Crippen LogP contribution >= 0.6 is 0 Å². The van der Waals surface area contributed by atoms with Crippen molar-refractivity contribution in [3.8, 4) is 5.69 Å². The maximum Gasteiger partial charge on any atom is 0.317 e. The highest BCUT2D eigenvalue weighted by molar-refractivity contribution is 5.74. The van der Waals surface area contributed by atoms with Gasteiger partial charge >= 0.3 is 6.03 Å². The van der Waals surface area contributed by atoms with Crippen LogP contribution in [-0.4, -0.2) is 63.8 Å². The van der Waals surface area contributed by atoms with Crippen LogP contribution in [0.3, 0.4) is 0 Å². The molecule has 1 aliphatic rings. The highest BCUT2D eigenvalue weighted by atomic mass is 16.2. The number of hydrogen-bond donors (Lipinski definition) is 1. The van der Waals surface area contributed by atoms with Crippen LogP contribution in [0.4, 0.5) is 4.79 Å². The number of nitrogens with one attached hydrogen (secondary N) is 1. The summed E-state index contributed by atoms with van der Waals surface area (Å²) >= 11 is 0. The van der Waals surface area contributed by atoms with Crippen molar-refractivity contribution in [2.24, 2.45) is 0 Å². The minimum absolute atomic E-state index is 0.00316. The molecule has 25 heavy (non-hydrogen) atoms. The lowest BCUT2D eigenvalue weighted by atomic mass is 10.1. The number of carbonyl (C=O) groups excluding carboxylic acids is 1. The lowest BCUT2D eigenvalue weighted by molar-refractivity contribution is 0.192. The fourth-order valence-corrected chi connectivity index (χ4v) is 3.10. The Morgan fingerprint density at radius 3 is 2.64 bits per heavy atom. The van der Waals surface area contributed by atoms with Gasteiger partial charge in [-0.3, -0.25) is 0 Å². The minimum atomic E-state index is -0.0351. The zero-order valence-electron chi connectivity index (χ0n) is 14.9. The summed E-state index contributed by atoms with van der Waals surface area (Å²) in [4.78, 5) is 20.5. The van der Waals surface area contributed by atoms with Gasteiger partial charge in [0.15, 0.2) is 0 Å². The molecule has 1 saturated heterocycles. The van der Waals surface area contributed by atoms with E-state index in [2.05, 4.69) is 20.3 Å². The van der Waals surface area contributed by atoms with Crippen molar-refractivity contribution in [1.29, 1.82) is 0 Å². The minimum Gasteiger partial charge on any atom is -0.337 e. The predicted octanol–water partition coefficient (Wildman–Crippen LogP) is 2.07. The summed E-state index contributed by atoms with van der Waals surface area (Å²) in [6.07, 6.45) is 5.72. The maximum atomic E-state index is 12.4. The normalized spacial score (nSPS) is 15.9. The SMILES string of the molecule is C[C@H](c1ccc(-n2cncn2)cc1)N(C)C(=O)NCCN1CCCC1. The van der Waals surface area contributed by atoms with E-state index >= 15 is 0 Å². The van der Waals surface area contributed by atoms with Gasteiger partial charge in [0.1, 0.15) is 12.7 Å². The molecular weight excluding hydrogens is 316 g/mol. The molecule has 7 heteroatoms. The number of amides is 2. The molecule has 1 aliphatic heterocycles. The molecule has 134 valence electrons. The van der Waals surface area contributed by atoms with Gasteiger partial charge in [-0.25, -0.2) is 14.5 Å². The van der Waals surface area contributed by atoms with Crippen molar-refractivity contribution in [3.05, 3.63) is 42.5 Å². The van der Waals surface area contributed by atoms with Gasteiger partial charge in [-0.2, -0.15) is 5.10 Å². The van der Waals surface area contributed by atoms with Crippen molar-refractivity contribution < 1.29 is 4.79 Å². The summed E-state index contributed by atoms with van der Waals surface area (Å²) in [6.45, 7) is 5.96. The Kier molecular flexibility index (Phi) is 5.65. The Hall–Kier alpha value is -2.41. The van der Waals surface area contributed by atoms with Crippen LogP contribution < -0.4 is 5.32 Å². The second-order valence-corrected chi connectivity index (χ2v) is 6.50. The lowest BCUT2D eigenvalue weighted by Crippen LogP contribution is -2.41. The third-order valence-corrected chi connectivity index (χ3v) is 4.86. The molecule has 7 nitrogen and oxygen atoms in total. The van der Waals surface area contributed by atoms with Crippen LogP contribution in [0.15, 0.2) is 36.9 Å². The molecule has 1 aromatic carbocycles. The highest BCUT2D eigenvalue weighted by Gasteiger charge is 2.18. The smallest absolute Gasteiger partial charge is 0.317 e. The molecule has 0 aliphatic carbocycles. The molecule has 1 fully saturated rings. The van der Waals surface area contributed by atoms with E-state index in [-0.39, 0.29) is 12.1 Å². The van der Waals surface area contributed by atoms with E-state index in [0.29, 0.717) is 6.54 Å². The molecule has 0 saturated carbocycles. The second-order valence-electron chi connectivity index (χ2n) is 6.50. The van der Waals surface area contributed by atoms with Crippen LogP contribution in [0.25, 0.3) is 5.69 Å². The summed E-state index contributed by atoms with van der Waals surface area (Å²) in [5.41, 5.74) is 2.03. The van der Waals surface area contributed by atoms with Crippen LogP contribution in [-0.2, 0) is 0 Å². The van der Waals surface area contributed by atoms with Gasteiger partial charge in [0.05, 0.1) is 11.7 Å². The largest absolute Gasteiger partial charge is 0.337 e. The Bertz CT molecular complexity index is 663. The van der Waals surface area contributed by atoms with E-state index in [1.807, 2.05) is 38.2 Å². The van der Waals surface area contributed by atoms with Gasteiger partial charge in [-0.05, 0) is 50.6 Å². The van der Waals surface area contributed by atoms with Crippen LogP contribution in [0.5, 0.6) is 0 Å². The quantitative estimate of drug-likeness (QED) is 0.873. The first-order chi connectivity index (χ1) is 12.1. The molecule has 2 heterocycles. The van der Waals surface area contributed by atoms with Crippen molar-refractivity contribution in [2.45, 2.75) is 25.8 Å². The number of aromatic nitrogens is 3. The van der Waals surface area contributed by atoms with Crippen LogP contribution in [0.2, 0.25) is 0 Å². The first kappa shape index (κ1) is 17.4. The number of hydrogen-bond acceptors (Lipinski definition) is 4. The van der Waals surface area contributed by atoms with Gasteiger partial charge in [-0.1, -0.05) is 12.1 Å². The molecule has 1 atom stereocenters. The number of rotatable bonds is 6. The molecule has 3 rings (SSSR count). The number of benzene rings is 1. The van der Waals surface area contributed by atoms with Crippen molar-refractivity contribution in [3.63, 3.8) is 0 Å². The van der Waals surface area contributed by atoms with E-state index < -0.39 is 0 Å². The van der Waals surface area contributed by atoms with Gasteiger partial charge < -0.3 is 15.1 Å². The molecule has 0 unspecified atom stereocenters. The van der Waals surface area contributed by atoms with E-state index in [9.17, 15) is 4.79 Å². The first-order valence-corrected chi connectivity index (χ1v) is 8.83. The molecule has 1 N–H and O–H groups in total. The van der Waals surface area contributed by atoms with Crippen molar-refractivity contribution >= 4 is 6.03 Å². The number of likely N-dealkylation sites (tertiary alicyclic amines) is 1. The Morgan fingerprint density at radius 1 is 1.28 bits per heavy atom. The highest BCUT2D eigenvalue weighted by Crippen LogP contribution is 2.20. The Morgan fingerprint density at radius 2 is 2.00 bits per heavy atom. The molecule has 0 spiro atoms. The van der Waals surface area contributed by atoms with Crippen molar-refractivity contribution in [1.82, 2.24) is 29.9 Å². The standard InChI is InChI=1S/C18H26N6O/c1-15(16-5-7-17(8-6-16)24-14-19-13-21-24)22(2)18(25)20-9-12-23-10-3-4-11-23/h5-8,13-15H,3-4,9-12H2,1-2H3,(H,20,25)/t15-/m1/s1. The molecular formula is C18H26N6O. The average molecular weight is 342 g/mol. The van der Waals surface area contributed by atoms with Gasteiger partial charge in [-0.15, -0.1) is 0 Å². The molecule has 2 amide bonds. The van der Waals surface area contributed by atoms with Gasteiger partial charge in [0.2, 0.25) is 0 Å². The third-order valence-electron chi connectivity index (χ3n) is 4.86. The zero-order chi connectivity index (χ0) is 17.6. The van der Waals surface area contributed by atoms with E-state index in [1.165, 1.54) is 19.2 Å². The number of nitrogens with zero attached hydrogens (tertiary/aromatic N) is 5. The maximum absolute atomic E-state index is 12.4. The predicted molar refractivity (Wildman–Crippen MR) is 96.6 cm³/mol. The van der Waals surface area contributed by atoms with Crippen molar-refractivity contribution in [2.75, 3.05) is 33.2 Å². The van der Waals surface area contributed by atoms with Gasteiger partial charge in [0.25, 0.3) is 0 Å². The average Bonchev–Trinajstić information content (AvgIpc) is 3.34. The summed E-state index contributed by atoms with van der Waals surface area (Å²) in [5, 5.41) is 7.13. The van der Waals surface area contributed by atoms with E-state index in [0.717, 1.165) is 30.9 Å². The topological polar surface area (TPSA) is 66.3 Å². The van der Waals surface area contributed by atoms with Crippen LogP contribution in [0.1, 0.15) is 31.4 Å². The van der Waals surface area contributed by atoms with Gasteiger partial charge in [0, 0.05) is 20.1 Å². The van der Waals surface area contributed by atoms with E-state index in [1.54, 1.807) is 15.9 Å². The van der Waals surface area contributed by atoms with Crippen LogP contribution in [0, 0.1) is 0 Å². The molecule has 0 bridgehead atoms. The first-order valence-electron chi connectivity index (χ1n) is 8.83. The Balaban J connectivity index is 1.52. The zero-order valence-corrected chi connectivity index (χ0v) is 14.9. The number of carbonyl (C=O) groups is 1. The monoisotopic (exact) mass is 342 g/mol.